The lowest BCUT2D eigenvalue weighted by molar-refractivity contribution is 0.0513. The molecule has 2 rings (SSSR count). The Hall–Kier alpha value is -2.03. The predicted octanol–water partition coefficient (Wildman–Crippen LogP) is 3.33. The van der Waals surface area contributed by atoms with E-state index in [4.69, 9.17) is 4.74 Å². The molecule has 0 saturated heterocycles. The Kier molecular flexibility index (Phi) is 4.05. The second-order valence-electron chi connectivity index (χ2n) is 4.61. The fourth-order valence-corrected chi connectivity index (χ4v) is 2.29. The third-order valence-electron chi connectivity index (χ3n) is 3.15. The van der Waals surface area contributed by atoms with Gasteiger partial charge in [0.05, 0.1) is 6.61 Å². The molecule has 0 aliphatic rings. The number of aryl methyl sites for hydroxylation is 2. The van der Waals surface area contributed by atoms with Gasteiger partial charge in [0, 0.05) is 12.2 Å². The molecule has 0 fully saturated rings. The highest BCUT2D eigenvalue weighted by molar-refractivity contribution is 5.89. The second kappa shape index (κ2) is 5.74. The minimum atomic E-state index is -0.246. The number of esters is 1. The first-order valence-electron chi connectivity index (χ1n) is 6.51. The van der Waals surface area contributed by atoms with E-state index in [1.807, 2.05) is 49.6 Å². The highest BCUT2D eigenvalue weighted by Gasteiger charge is 2.18. The van der Waals surface area contributed by atoms with Crippen molar-refractivity contribution < 1.29 is 9.53 Å². The van der Waals surface area contributed by atoms with Gasteiger partial charge in [0.1, 0.15) is 5.69 Å². The lowest BCUT2D eigenvalue weighted by Gasteiger charge is -2.11. The van der Waals surface area contributed by atoms with Gasteiger partial charge in [-0.3, -0.25) is 0 Å². The van der Waals surface area contributed by atoms with Gasteiger partial charge in [-0.15, -0.1) is 0 Å². The molecule has 0 aliphatic heterocycles. The summed E-state index contributed by atoms with van der Waals surface area (Å²) < 4.78 is 7.16. The van der Waals surface area contributed by atoms with Crippen molar-refractivity contribution in [2.24, 2.45) is 0 Å². The van der Waals surface area contributed by atoms with Gasteiger partial charge in [-0.25, -0.2) is 4.79 Å². The van der Waals surface area contributed by atoms with Crippen LogP contribution in [0, 0.1) is 13.8 Å². The first-order chi connectivity index (χ1) is 9.13. The van der Waals surface area contributed by atoms with E-state index in [1.54, 1.807) is 0 Å². The highest BCUT2D eigenvalue weighted by atomic mass is 16.5. The lowest BCUT2D eigenvalue weighted by atomic mass is 10.2. The maximum absolute atomic E-state index is 12.0. The fraction of sp³-hybridized carbons (Fsp3) is 0.312. The van der Waals surface area contributed by atoms with Crippen LogP contribution in [0.2, 0.25) is 0 Å². The molecule has 3 nitrogen and oxygen atoms in total. The van der Waals surface area contributed by atoms with Gasteiger partial charge in [0.2, 0.25) is 0 Å². The average molecular weight is 257 g/mol. The molecule has 0 aliphatic carbocycles. The van der Waals surface area contributed by atoms with Gasteiger partial charge in [0.25, 0.3) is 0 Å². The van der Waals surface area contributed by atoms with Crippen LogP contribution in [0.3, 0.4) is 0 Å². The van der Waals surface area contributed by atoms with Crippen molar-refractivity contribution in [2.75, 3.05) is 6.61 Å². The molecule has 0 unspecified atom stereocenters. The monoisotopic (exact) mass is 257 g/mol. The van der Waals surface area contributed by atoms with E-state index in [0.717, 1.165) is 11.3 Å². The topological polar surface area (TPSA) is 31.2 Å². The zero-order chi connectivity index (χ0) is 13.8. The minimum absolute atomic E-state index is 0.246. The maximum Gasteiger partial charge on any atom is 0.355 e. The maximum atomic E-state index is 12.0. The van der Waals surface area contributed by atoms with E-state index in [0.29, 0.717) is 18.8 Å². The largest absolute Gasteiger partial charge is 0.461 e. The van der Waals surface area contributed by atoms with Crippen molar-refractivity contribution >= 4 is 5.97 Å². The molecule has 1 heterocycles. The third-order valence-corrected chi connectivity index (χ3v) is 3.15. The highest BCUT2D eigenvalue weighted by Crippen LogP contribution is 2.18. The van der Waals surface area contributed by atoms with E-state index in [-0.39, 0.29) is 5.97 Å². The summed E-state index contributed by atoms with van der Waals surface area (Å²) in [6.45, 7) is 6.87. The summed E-state index contributed by atoms with van der Waals surface area (Å²) in [5.74, 6) is -0.246. The number of aromatic nitrogens is 1. The average Bonchev–Trinajstić information content (AvgIpc) is 2.66. The molecule has 0 N–H and O–H groups in total. The molecule has 0 bridgehead atoms. The SMILES string of the molecule is CCOC(=O)c1c(C)cc(C)n1Cc1ccccc1. The Labute approximate surface area is 113 Å². The molecule has 1 aromatic carbocycles. The van der Waals surface area contributed by atoms with Gasteiger partial charge in [0.15, 0.2) is 0 Å². The van der Waals surface area contributed by atoms with Crippen molar-refractivity contribution in [1.29, 1.82) is 0 Å². The molecule has 0 atom stereocenters. The molecule has 3 heteroatoms. The summed E-state index contributed by atoms with van der Waals surface area (Å²) >= 11 is 0. The Bertz CT molecular complexity index is 570. The van der Waals surface area contributed by atoms with E-state index >= 15 is 0 Å². The fourth-order valence-electron chi connectivity index (χ4n) is 2.29. The summed E-state index contributed by atoms with van der Waals surface area (Å²) in [5, 5.41) is 0. The number of hydrogen-bond acceptors (Lipinski definition) is 2. The van der Waals surface area contributed by atoms with Crippen LogP contribution in [0.15, 0.2) is 36.4 Å². The van der Waals surface area contributed by atoms with Crippen molar-refractivity contribution in [2.45, 2.75) is 27.3 Å². The standard InChI is InChI=1S/C16H19NO2/c1-4-19-16(18)15-12(2)10-13(3)17(15)11-14-8-6-5-7-9-14/h5-10H,4,11H2,1-3H3. The van der Waals surface area contributed by atoms with Crippen LogP contribution in [-0.4, -0.2) is 17.1 Å². The van der Waals surface area contributed by atoms with Crippen LogP contribution in [0.4, 0.5) is 0 Å². The van der Waals surface area contributed by atoms with E-state index < -0.39 is 0 Å². The first-order valence-corrected chi connectivity index (χ1v) is 6.51. The molecule has 19 heavy (non-hydrogen) atoms. The number of nitrogens with zero attached hydrogens (tertiary/aromatic N) is 1. The summed E-state index contributed by atoms with van der Waals surface area (Å²) in [6.07, 6.45) is 0. The zero-order valence-corrected chi connectivity index (χ0v) is 11.6. The number of rotatable bonds is 4. The molecule has 0 radical (unpaired) electrons. The summed E-state index contributed by atoms with van der Waals surface area (Å²) in [6, 6.07) is 12.1. The Morgan fingerprint density at radius 2 is 1.89 bits per heavy atom. The third kappa shape index (κ3) is 2.87. The van der Waals surface area contributed by atoms with Crippen LogP contribution < -0.4 is 0 Å². The normalized spacial score (nSPS) is 10.5. The van der Waals surface area contributed by atoms with Crippen LogP contribution in [0.5, 0.6) is 0 Å². The zero-order valence-electron chi connectivity index (χ0n) is 11.6. The summed E-state index contributed by atoms with van der Waals surface area (Å²) in [7, 11) is 0. The van der Waals surface area contributed by atoms with Crippen LogP contribution in [0.25, 0.3) is 0 Å². The number of benzene rings is 1. The van der Waals surface area contributed by atoms with Crippen molar-refractivity contribution in [3.8, 4) is 0 Å². The van der Waals surface area contributed by atoms with Crippen molar-refractivity contribution in [3.05, 3.63) is 58.9 Å². The Balaban J connectivity index is 2.37. The van der Waals surface area contributed by atoms with Crippen molar-refractivity contribution in [1.82, 2.24) is 4.57 Å². The first kappa shape index (κ1) is 13.4. The predicted molar refractivity (Wildman–Crippen MR) is 75.4 cm³/mol. The van der Waals surface area contributed by atoms with E-state index in [9.17, 15) is 4.79 Å². The molecule has 2 aromatic rings. The molecular formula is C16H19NO2. The molecule has 1 aromatic heterocycles. The number of hydrogen-bond donors (Lipinski definition) is 0. The minimum Gasteiger partial charge on any atom is -0.461 e. The van der Waals surface area contributed by atoms with Gasteiger partial charge >= 0.3 is 5.97 Å². The number of carbonyl (C=O) groups excluding carboxylic acids is 1. The van der Waals surface area contributed by atoms with Crippen molar-refractivity contribution in [3.63, 3.8) is 0 Å². The van der Waals surface area contributed by atoms with Gasteiger partial charge < -0.3 is 9.30 Å². The molecular weight excluding hydrogens is 238 g/mol. The van der Waals surface area contributed by atoms with Gasteiger partial charge in [-0.1, -0.05) is 30.3 Å². The Morgan fingerprint density at radius 3 is 2.53 bits per heavy atom. The molecule has 100 valence electrons. The summed E-state index contributed by atoms with van der Waals surface area (Å²) in [4.78, 5) is 12.0. The van der Waals surface area contributed by atoms with Gasteiger partial charge in [-0.2, -0.15) is 0 Å². The smallest absolute Gasteiger partial charge is 0.355 e. The number of ether oxygens (including phenoxy) is 1. The van der Waals surface area contributed by atoms with Crippen LogP contribution >= 0.6 is 0 Å². The number of carbonyl (C=O) groups is 1. The molecule has 0 spiro atoms. The molecule has 0 saturated carbocycles. The van der Waals surface area contributed by atoms with Crippen LogP contribution in [0.1, 0.15) is 34.2 Å². The quantitative estimate of drug-likeness (QED) is 0.787. The Morgan fingerprint density at radius 1 is 1.21 bits per heavy atom. The summed E-state index contributed by atoms with van der Waals surface area (Å²) in [5.41, 5.74) is 3.87. The lowest BCUT2D eigenvalue weighted by Crippen LogP contribution is -2.15. The van der Waals surface area contributed by atoms with E-state index in [1.165, 1.54) is 5.56 Å². The van der Waals surface area contributed by atoms with Gasteiger partial charge in [-0.05, 0) is 38.0 Å². The van der Waals surface area contributed by atoms with Crippen LogP contribution in [-0.2, 0) is 11.3 Å². The molecule has 0 amide bonds. The van der Waals surface area contributed by atoms with E-state index in [2.05, 4.69) is 12.1 Å². The second-order valence-corrected chi connectivity index (χ2v) is 4.61.